The molecule has 0 spiro atoms. The summed E-state index contributed by atoms with van der Waals surface area (Å²) >= 11 is 0. The number of hydrogen-bond acceptors (Lipinski definition) is 4. The maximum atomic E-state index is 11.6. The van der Waals surface area contributed by atoms with Gasteiger partial charge in [-0.3, -0.25) is 4.79 Å². The van der Waals surface area contributed by atoms with Gasteiger partial charge in [-0.15, -0.1) is 0 Å². The lowest BCUT2D eigenvalue weighted by atomic mass is 9.80. The van der Waals surface area contributed by atoms with Gasteiger partial charge in [-0.05, 0) is 44.2 Å². The molecule has 21 heavy (non-hydrogen) atoms. The van der Waals surface area contributed by atoms with E-state index in [0.29, 0.717) is 31.1 Å². The predicted molar refractivity (Wildman–Crippen MR) is 79.6 cm³/mol. The van der Waals surface area contributed by atoms with Gasteiger partial charge in [0.2, 0.25) is 0 Å². The van der Waals surface area contributed by atoms with Gasteiger partial charge in [-0.2, -0.15) is 0 Å². The molecule has 1 saturated carbocycles. The fourth-order valence-electron chi connectivity index (χ4n) is 2.66. The molecule has 0 heterocycles. The Balaban J connectivity index is 1.98. The molecule has 0 aliphatic heterocycles. The number of hydrogen-bond donors (Lipinski definition) is 2. The average Bonchev–Trinajstić information content (AvgIpc) is 3.30. The van der Waals surface area contributed by atoms with Crippen molar-refractivity contribution < 1.29 is 19.4 Å². The summed E-state index contributed by atoms with van der Waals surface area (Å²) < 4.78 is 11.2. The maximum absolute atomic E-state index is 11.6. The Bertz CT molecular complexity index is 487. The molecule has 1 fully saturated rings. The summed E-state index contributed by atoms with van der Waals surface area (Å²) in [6.07, 6.45) is 2.31. The van der Waals surface area contributed by atoms with Crippen LogP contribution in [0.25, 0.3) is 0 Å². The van der Waals surface area contributed by atoms with Crippen molar-refractivity contribution in [2.24, 2.45) is 17.1 Å². The topological polar surface area (TPSA) is 81.8 Å². The van der Waals surface area contributed by atoms with Gasteiger partial charge in [0.1, 0.15) is 0 Å². The standard InChI is InChI=1S/C16H23NO4/c1-2-20-13-5-3-4-6-14(13)21-10-9-16(11-17,15(18)19)12-7-8-12/h3-6,12H,2,7-11,17H2,1H3,(H,18,19). The summed E-state index contributed by atoms with van der Waals surface area (Å²) in [6.45, 7) is 2.95. The van der Waals surface area contributed by atoms with Crippen LogP contribution >= 0.6 is 0 Å². The normalized spacial score (nSPS) is 17.0. The number of para-hydroxylation sites is 2. The molecule has 0 radical (unpaired) electrons. The van der Waals surface area contributed by atoms with Crippen LogP contribution in [0.4, 0.5) is 0 Å². The molecule has 1 aromatic rings. The van der Waals surface area contributed by atoms with E-state index in [-0.39, 0.29) is 12.5 Å². The van der Waals surface area contributed by atoms with Crippen molar-refractivity contribution in [2.45, 2.75) is 26.2 Å². The van der Waals surface area contributed by atoms with Gasteiger partial charge in [-0.1, -0.05) is 12.1 Å². The fourth-order valence-corrected chi connectivity index (χ4v) is 2.66. The molecule has 1 atom stereocenters. The monoisotopic (exact) mass is 293 g/mol. The first-order valence-electron chi connectivity index (χ1n) is 7.42. The van der Waals surface area contributed by atoms with E-state index in [0.717, 1.165) is 12.8 Å². The van der Waals surface area contributed by atoms with Gasteiger partial charge < -0.3 is 20.3 Å². The van der Waals surface area contributed by atoms with E-state index in [1.54, 1.807) is 0 Å². The number of benzene rings is 1. The molecule has 5 heteroatoms. The van der Waals surface area contributed by atoms with Crippen LogP contribution in [0.15, 0.2) is 24.3 Å². The van der Waals surface area contributed by atoms with Gasteiger partial charge in [0.15, 0.2) is 11.5 Å². The minimum Gasteiger partial charge on any atom is -0.490 e. The SMILES string of the molecule is CCOc1ccccc1OCCC(CN)(C(=O)O)C1CC1. The number of rotatable bonds is 9. The van der Waals surface area contributed by atoms with Gasteiger partial charge in [0.25, 0.3) is 0 Å². The molecule has 0 bridgehead atoms. The molecule has 0 saturated heterocycles. The second-order valence-electron chi connectivity index (χ2n) is 5.42. The Morgan fingerprint density at radius 2 is 1.95 bits per heavy atom. The summed E-state index contributed by atoms with van der Waals surface area (Å²) in [7, 11) is 0. The average molecular weight is 293 g/mol. The molecule has 1 aromatic carbocycles. The molecule has 3 N–H and O–H groups in total. The Labute approximate surface area is 125 Å². The summed E-state index contributed by atoms with van der Waals surface area (Å²) in [5, 5.41) is 9.51. The lowest BCUT2D eigenvalue weighted by molar-refractivity contribution is -0.150. The van der Waals surface area contributed by atoms with Crippen LogP contribution in [0.2, 0.25) is 0 Å². The number of aliphatic carboxylic acids is 1. The van der Waals surface area contributed by atoms with Crippen LogP contribution in [0.5, 0.6) is 11.5 Å². The van der Waals surface area contributed by atoms with Crippen molar-refractivity contribution in [2.75, 3.05) is 19.8 Å². The Kier molecular flexibility index (Phi) is 5.07. The third-order valence-electron chi connectivity index (χ3n) is 4.10. The molecular formula is C16H23NO4. The van der Waals surface area contributed by atoms with E-state index in [2.05, 4.69) is 0 Å². The van der Waals surface area contributed by atoms with Crippen molar-refractivity contribution in [1.82, 2.24) is 0 Å². The lowest BCUT2D eigenvalue weighted by Gasteiger charge is -2.27. The zero-order chi connectivity index (χ0) is 15.3. The number of carboxylic acids is 1. The minimum absolute atomic E-state index is 0.156. The van der Waals surface area contributed by atoms with E-state index in [1.807, 2.05) is 31.2 Å². The van der Waals surface area contributed by atoms with E-state index >= 15 is 0 Å². The summed E-state index contributed by atoms with van der Waals surface area (Å²) in [5.74, 6) is 0.700. The third kappa shape index (κ3) is 3.47. The quantitative estimate of drug-likeness (QED) is 0.730. The zero-order valence-corrected chi connectivity index (χ0v) is 12.4. The fraction of sp³-hybridized carbons (Fsp3) is 0.562. The molecule has 1 aliphatic rings. The highest BCUT2D eigenvalue weighted by molar-refractivity contribution is 5.76. The first-order chi connectivity index (χ1) is 10.1. The minimum atomic E-state index is -0.847. The van der Waals surface area contributed by atoms with E-state index in [1.165, 1.54) is 0 Å². The highest BCUT2D eigenvalue weighted by Crippen LogP contribution is 2.47. The van der Waals surface area contributed by atoms with E-state index in [4.69, 9.17) is 15.2 Å². The molecule has 116 valence electrons. The van der Waals surface area contributed by atoms with Crippen molar-refractivity contribution in [3.63, 3.8) is 0 Å². The summed E-state index contributed by atoms with van der Waals surface area (Å²) in [5.41, 5.74) is 4.90. The number of carbonyl (C=O) groups is 1. The van der Waals surface area contributed by atoms with Gasteiger partial charge in [0.05, 0.1) is 18.6 Å². The van der Waals surface area contributed by atoms with Crippen LogP contribution in [-0.2, 0) is 4.79 Å². The second kappa shape index (κ2) is 6.80. The zero-order valence-electron chi connectivity index (χ0n) is 12.4. The lowest BCUT2D eigenvalue weighted by Crippen LogP contribution is -2.42. The molecule has 0 amide bonds. The van der Waals surface area contributed by atoms with Crippen molar-refractivity contribution in [3.05, 3.63) is 24.3 Å². The van der Waals surface area contributed by atoms with Gasteiger partial charge in [-0.25, -0.2) is 0 Å². The van der Waals surface area contributed by atoms with Crippen LogP contribution in [0, 0.1) is 11.3 Å². The molecule has 1 aliphatic carbocycles. The van der Waals surface area contributed by atoms with E-state index in [9.17, 15) is 9.90 Å². The third-order valence-corrected chi connectivity index (χ3v) is 4.10. The van der Waals surface area contributed by atoms with Crippen LogP contribution in [-0.4, -0.2) is 30.8 Å². The van der Waals surface area contributed by atoms with Crippen molar-refractivity contribution in [1.29, 1.82) is 0 Å². The Morgan fingerprint density at radius 1 is 1.33 bits per heavy atom. The van der Waals surface area contributed by atoms with Crippen molar-refractivity contribution >= 4 is 5.97 Å². The summed E-state index contributed by atoms with van der Waals surface area (Å²) in [6, 6.07) is 7.41. The first-order valence-corrected chi connectivity index (χ1v) is 7.42. The van der Waals surface area contributed by atoms with Crippen molar-refractivity contribution in [3.8, 4) is 11.5 Å². The summed E-state index contributed by atoms with van der Waals surface area (Å²) in [4.78, 5) is 11.6. The van der Waals surface area contributed by atoms with Gasteiger partial charge >= 0.3 is 5.97 Å². The Hall–Kier alpha value is -1.75. The van der Waals surface area contributed by atoms with E-state index < -0.39 is 11.4 Å². The van der Waals surface area contributed by atoms with Crippen LogP contribution < -0.4 is 15.2 Å². The van der Waals surface area contributed by atoms with Crippen LogP contribution in [0.1, 0.15) is 26.2 Å². The highest BCUT2D eigenvalue weighted by Gasteiger charge is 2.49. The Morgan fingerprint density at radius 3 is 2.43 bits per heavy atom. The largest absolute Gasteiger partial charge is 0.490 e. The molecule has 2 rings (SSSR count). The van der Waals surface area contributed by atoms with Gasteiger partial charge in [0, 0.05) is 6.54 Å². The predicted octanol–water partition coefficient (Wildman–Crippen LogP) is 2.29. The number of ether oxygens (including phenoxy) is 2. The molecule has 5 nitrogen and oxygen atoms in total. The number of carboxylic acid groups (broad SMARTS) is 1. The molecule has 0 aromatic heterocycles. The molecule has 1 unspecified atom stereocenters. The first kappa shape index (κ1) is 15.6. The van der Waals surface area contributed by atoms with Crippen LogP contribution in [0.3, 0.4) is 0 Å². The number of nitrogens with two attached hydrogens (primary N) is 1. The molecular weight excluding hydrogens is 270 g/mol. The highest BCUT2D eigenvalue weighted by atomic mass is 16.5. The maximum Gasteiger partial charge on any atom is 0.311 e. The smallest absolute Gasteiger partial charge is 0.311 e. The second-order valence-corrected chi connectivity index (χ2v) is 5.42.